The van der Waals surface area contributed by atoms with Gasteiger partial charge in [-0.15, -0.1) is 0 Å². The number of aryl methyl sites for hydroxylation is 1. The molecule has 0 aliphatic carbocycles. The Morgan fingerprint density at radius 2 is 1.22 bits per heavy atom. The fourth-order valence-electron chi connectivity index (χ4n) is 2.30. The van der Waals surface area contributed by atoms with Crippen molar-refractivity contribution in [3.8, 4) is 0 Å². The second-order valence-electron chi connectivity index (χ2n) is 5.31. The molecule has 0 atom stereocenters. The first-order valence-electron chi connectivity index (χ1n) is 7.52. The Hall–Kier alpha value is -3.07. The van der Waals surface area contributed by atoms with Crippen molar-refractivity contribution in [3.05, 3.63) is 96.1 Å². The van der Waals surface area contributed by atoms with Crippen LogP contribution in [-0.2, 0) is 0 Å². The van der Waals surface area contributed by atoms with Crippen molar-refractivity contribution in [2.24, 2.45) is 0 Å². The number of amides is 1. The van der Waals surface area contributed by atoms with Crippen LogP contribution in [0.2, 0.25) is 0 Å². The number of carbonyl (C=O) groups excluding carboxylic acids is 1. The Kier molecular flexibility index (Phi) is 4.39. The molecular weight excluding hydrogens is 284 g/mol. The lowest BCUT2D eigenvalue weighted by molar-refractivity contribution is 0.0953. The third-order valence-corrected chi connectivity index (χ3v) is 3.56. The zero-order valence-electron chi connectivity index (χ0n) is 12.9. The maximum Gasteiger partial charge on any atom is 0.270 e. The van der Waals surface area contributed by atoms with Crippen molar-refractivity contribution in [2.45, 2.75) is 6.92 Å². The number of nitrogens with zero attached hydrogens (tertiary/aromatic N) is 1. The van der Waals surface area contributed by atoms with Gasteiger partial charge in [-0.2, -0.15) is 0 Å². The van der Waals surface area contributed by atoms with Crippen LogP contribution in [0, 0.1) is 6.92 Å². The van der Waals surface area contributed by atoms with E-state index < -0.39 is 0 Å². The quantitative estimate of drug-likeness (QED) is 0.721. The Bertz CT molecular complexity index is 728. The predicted octanol–water partition coefficient (Wildman–Crippen LogP) is 4.48. The van der Waals surface area contributed by atoms with Crippen LogP contribution in [0.25, 0.3) is 0 Å². The lowest BCUT2D eigenvalue weighted by Gasteiger charge is -2.25. The molecule has 23 heavy (non-hydrogen) atoms. The van der Waals surface area contributed by atoms with Gasteiger partial charge < -0.3 is 0 Å². The Labute approximate surface area is 136 Å². The summed E-state index contributed by atoms with van der Waals surface area (Å²) in [5.41, 5.74) is 6.54. The molecule has 0 saturated carbocycles. The number of anilines is 2. The maximum atomic E-state index is 12.6. The van der Waals surface area contributed by atoms with Gasteiger partial charge in [0, 0.05) is 5.56 Å². The Balaban J connectivity index is 1.90. The van der Waals surface area contributed by atoms with Crippen molar-refractivity contribution in [1.29, 1.82) is 0 Å². The molecule has 0 aromatic heterocycles. The minimum Gasteiger partial charge on any atom is -0.267 e. The van der Waals surface area contributed by atoms with E-state index in [2.05, 4.69) is 5.43 Å². The molecule has 0 bridgehead atoms. The molecule has 1 amide bonds. The zero-order valence-corrected chi connectivity index (χ0v) is 12.9. The summed E-state index contributed by atoms with van der Waals surface area (Å²) in [5, 5.41) is 1.79. The van der Waals surface area contributed by atoms with Gasteiger partial charge in [0.05, 0.1) is 11.4 Å². The molecule has 0 radical (unpaired) electrons. The molecule has 0 spiro atoms. The standard InChI is InChI=1S/C20H18N2O/c1-16-12-14-17(15-13-16)20(23)21-22(18-8-4-2-5-9-18)19-10-6-3-7-11-19/h2-15H,1H3,(H,21,23). The van der Waals surface area contributed by atoms with E-state index in [0.29, 0.717) is 5.56 Å². The minimum absolute atomic E-state index is 0.141. The van der Waals surface area contributed by atoms with Crippen LogP contribution in [-0.4, -0.2) is 5.91 Å². The molecule has 0 aliphatic rings. The van der Waals surface area contributed by atoms with Gasteiger partial charge in [0.25, 0.3) is 5.91 Å². The van der Waals surface area contributed by atoms with Crippen LogP contribution in [0.3, 0.4) is 0 Å². The molecule has 3 nitrogen and oxygen atoms in total. The summed E-state index contributed by atoms with van der Waals surface area (Å²) in [4.78, 5) is 12.6. The molecule has 1 N–H and O–H groups in total. The van der Waals surface area contributed by atoms with Gasteiger partial charge in [-0.05, 0) is 43.3 Å². The molecule has 0 saturated heterocycles. The van der Waals surface area contributed by atoms with E-state index >= 15 is 0 Å². The summed E-state index contributed by atoms with van der Waals surface area (Å²) in [6, 6.07) is 27.1. The first-order valence-corrected chi connectivity index (χ1v) is 7.52. The van der Waals surface area contributed by atoms with Crippen LogP contribution < -0.4 is 10.4 Å². The molecule has 3 aromatic carbocycles. The number of para-hydroxylation sites is 2. The molecule has 114 valence electrons. The molecule has 3 heteroatoms. The molecular formula is C20H18N2O. The van der Waals surface area contributed by atoms with Crippen molar-refractivity contribution in [3.63, 3.8) is 0 Å². The van der Waals surface area contributed by atoms with E-state index in [1.165, 1.54) is 0 Å². The monoisotopic (exact) mass is 302 g/mol. The normalized spacial score (nSPS) is 10.1. The lowest BCUT2D eigenvalue weighted by atomic mass is 10.1. The van der Waals surface area contributed by atoms with Gasteiger partial charge in [-0.1, -0.05) is 54.1 Å². The van der Waals surface area contributed by atoms with Gasteiger partial charge in [-0.3, -0.25) is 15.2 Å². The SMILES string of the molecule is Cc1ccc(C(=O)NN(c2ccccc2)c2ccccc2)cc1. The number of benzene rings is 3. The number of nitrogens with one attached hydrogen (secondary N) is 1. The number of rotatable bonds is 4. The molecule has 0 fully saturated rings. The highest BCUT2D eigenvalue weighted by atomic mass is 16.2. The number of hydrazine groups is 1. The van der Waals surface area contributed by atoms with Crippen LogP contribution in [0.1, 0.15) is 15.9 Å². The van der Waals surface area contributed by atoms with Crippen LogP contribution in [0.15, 0.2) is 84.9 Å². The molecule has 3 rings (SSSR count). The van der Waals surface area contributed by atoms with E-state index in [4.69, 9.17) is 0 Å². The van der Waals surface area contributed by atoms with E-state index in [1.54, 1.807) is 5.01 Å². The average Bonchev–Trinajstić information content (AvgIpc) is 2.61. The third-order valence-electron chi connectivity index (χ3n) is 3.56. The Morgan fingerprint density at radius 1 is 0.739 bits per heavy atom. The average molecular weight is 302 g/mol. The van der Waals surface area contributed by atoms with Gasteiger partial charge in [-0.25, -0.2) is 0 Å². The molecule has 0 unspecified atom stereocenters. The van der Waals surface area contributed by atoms with Crippen molar-refractivity contribution in [1.82, 2.24) is 5.43 Å². The largest absolute Gasteiger partial charge is 0.270 e. The van der Waals surface area contributed by atoms with E-state index in [0.717, 1.165) is 16.9 Å². The first kappa shape index (κ1) is 14.9. The molecule has 3 aromatic rings. The first-order chi connectivity index (χ1) is 11.2. The summed E-state index contributed by atoms with van der Waals surface area (Å²) in [5.74, 6) is -0.141. The number of hydrogen-bond acceptors (Lipinski definition) is 2. The zero-order chi connectivity index (χ0) is 16.1. The minimum atomic E-state index is -0.141. The van der Waals surface area contributed by atoms with E-state index in [1.807, 2.05) is 91.9 Å². The highest BCUT2D eigenvalue weighted by molar-refractivity contribution is 5.96. The second kappa shape index (κ2) is 6.79. The van der Waals surface area contributed by atoms with Crippen molar-refractivity contribution < 1.29 is 4.79 Å². The molecule has 0 aliphatic heterocycles. The third kappa shape index (κ3) is 3.58. The highest BCUT2D eigenvalue weighted by Crippen LogP contribution is 2.22. The summed E-state index contributed by atoms with van der Waals surface area (Å²) < 4.78 is 0. The van der Waals surface area contributed by atoms with Gasteiger partial charge in [0.2, 0.25) is 0 Å². The van der Waals surface area contributed by atoms with Crippen molar-refractivity contribution in [2.75, 3.05) is 5.01 Å². The van der Waals surface area contributed by atoms with Gasteiger partial charge >= 0.3 is 0 Å². The summed E-state index contributed by atoms with van der Waals surface area (Å²) >= 11 is 0. The summed E-state index contributed by atoms with van der Waals surface area (Å²) in [6.07, 6.45) is 0. The van der Waals surface area contributed by atoms with Crippen molar-refractivity contribution >= 4 is 17.3 Å². The fourth-order valence-corrected chi connectivity index (χ4v) is 2.30. The van der Waals surface area contributed by atoms with Crippen LogP contribution in [0.5, 0.6) is 0 Å². The Morgan fingerprint density at radius 3 is 1.70 bits per heavy atom. The van der Waals surface area contributed by atoms with Crippen LogP contribution in [0.4, 0.5) is 11.4 Å². The second-order valence-corrected chi connectivity index (χ2v) is 5.31. The fraction of sp³-hybridized carbons (Fsp3) is 0.0500. The lowest BCUT2D eigenvalue weighted by Crippen LogP contribution is -2.38. The smallest absolute Gasteiger partial charge is 0.267 e. The number of carbonyl (C=O) groups is 1. The highest BCUT2D eigenvalue weighted by Gasteiger charge is 2.13. The predicted molar refractivity (Wildman–Crippen MR) is 93.7 cm³/mol. The van der Waals surface area contributed by atoms with E-state index in [-0.39, 0.29) is 5.91 Å². The topological polar surface area (TPSA) is 32.3 Å². The van der Waals surface area contributed by atoms with E-state index in [9.17, 15) is 4.79 Å². The van der Waals surface area contributed by atoms with Gasteiger partial charge in [0.1, 0.15) is 0 Å². The maximum absolute atomic E-state index is 12.6. The van der Waals surface area contributed by atoms with Crippen LogP contribution >= 0.6 is 0 Å². The number of hydrogen-bond donors (Lipinski definition) is 1. The summed E-state index contributed by atoms with van der Waals surface area (Å²) in [6.45, 7) is 2.00. The van der Waals surface area contributed by atoms with Gasteiger partial charge in [0.15, 0.2) is 0 Å². The molecule has 0 heterocycles. The summed E-state index contributed by atoms with van der Waals surface area (Å²) in [7, 11) is 0.